The van der Waals surface area contributed by atoms with Crippen LogP contribution >= 0.6 is 0 Å². The number of phenolic OH excluding ortho intramolecular Hbond substituents is 1. The van der Waals surface area contributed by atoms with Crippen LogP contribution < -0.4 is 5.32 Å². The van der Waals surface area contributed by atoms with E-state index < -0.39 is 0 Å². The zero-order valence-corrected chi connectivity index (χ0v) is 9.90. The van der Waals surface area contributed by atoms with E-state index in [1.807, 2.05) is 6.92 Å². The van der Waals surface area contributed by atoms with E-state index in [1.54, 1.807) is 12.1 Å². The van der Waals surface area contributed by atoms with Crippen molar-refractivity contribution >= 4 is 5.91 Å². The first-order valence-electron chi connectivity index (χ1n) is 5.85. The summed E-state index contributed by atoms with van der Waals surface area (Å²) in [5.41, 5.74) is 1.41. The fraction of sp³-hybridized carbons (Fsp3) is 0.462. The van der Waals surface area contributed by atoms with Crippen molar-refractivity contribution in [1.29, 1.82) is 0 Å². The van der Waals surface area contributed by atoms with E-state index in [0.717, 1.165) is 18.4 Å². The first-order valence-corrected chi connectivity index (χ1v) is 5.85. The average Bonchev–Trinajstić information content (AvgIpc) is 2.33. The van der Waals surface area contributed by atoms with Gasteiger partial charge >= 0.3 is 0 Å². The van der Waals surface area contributed by atoms with Crippen LogP contribution in [0.15, 0.2) is 18.2 Å². The van der Waals surface area contributed by atoms with Gasteiger partial charge in [0.25, 0.3) is 5.91 Å². The van der Waals surface area contributed by atoms with Crippen molar-refractivity contribution in [3.8, 4) is 5.75 Å². The molecule has 1 aromatic rings. The highest BCUT2D eigenvalue weighted by molar-refractivity contribution is 5.96. The molecule has 1 heterocycles. The largest absolute Gasteiger partial charge is 0.508 e. The molecule has 0 atom stereocenters. The first-order chi connectivity index (χ1) is 8.16. The van der Waals surface area contributed by atoms with E-state index in [0.29, 0.717) is 18.8 Å². The van der Waals surface area contributed by atoms with Crippen LogP contribution in [0.4, 0.5) is 0 Å². The molecule has 1 aliphatic heterocycles. The lowest BCUT2D eigenvalue weighted by Gasteiger charge is -2.23. The molecule has 1 fully saturated rings. The van der Waals surface area contributed by atoms with Gasteiger partial charge in [0.05, 0.1) is 0 Å². The Hall–Kier alpha value is -1.55. The molecule has 4 heteroatoms. The molecule has 4 nitrogen and oxygen atoms in total. The maximum absolute atomic E-state index is 12.0. The number of aromatic hydroxyl groups is 1. The molecule has 0 unspecified atom stereocenters. The predicted octanol–water partition coefficient (Wildman–Crippen LogP) is 1.61. The van der Waals surface area contributed by atoms with E-state index in [9.17, 15) is 9.90 Å². The first kappa shape index (κ1) is 11.9. The summed E-state index contributed by atoms with van der Waals surface area (Å²) < 4.78 is 5.24. The molecule has 1 amide bonds. The summed E-state index contributed by atoms with van der Waals surface area (Å²) in [6, 6.07) is 5.01. The van der Waals surface area contributed by atoms with Gasteiger partial charge in [-0.05, 0) is 37.5 Å². The average molecular weight is 235 g/mol. The van der Waals surface area contributed by atoms with E-state index in [1.165, 1.54) is 6.07 Å². The number of hydrogen-bond acceptors (Lipinski definition) is 3. The highest BCUT2D eigenvalue weighted by Gasteiger charge is 2.18. The maximum atomic E-state index is 12.0. The SMILES string of the molecule is Cc1ccc(O)cc1C(=O)NC1CCOCC1. The summed E-state index contributed by atoms with van der Waals surface area (Å²) in [4.78, 5) is 12.0. The molecule has 1 saturated heterocycles. The highest BCUT2D eigenvalue weighted by Crippen LogP contribution is 2.16. The van der Waals surface area contributed by atoms with Gasteiger partial charge in [-0.3, -0.25) is 4.79 Å². The number of rotatable bonds is 2. The van der Waals surface area contributed by atoms with Crippen LogP contribution in [0.25, 0.3) is 0 Å². The Bertz CT molecular complexity index is 411. The second-order valence-corrected chi connectivity index (χ2v) is 4.36. The fourth-order valence-corrected chi connectivity index (χ4v) is 1.96. The number of amides is 1. The molecule has 2 rings (SSSR count). The zero-order valence-electron chi connectivity index (χ0n) is 9.90. The molecule has 2 N–H and O–H groups in total. The molecule has 0 radical (unpaired) electrons. The standard InChI is InChI=1S/C13H17NO3/c1-9-2-3-11(15)8-12(9)13(16)14-10-4-6-17-7-5-10/h2-3,8,10,15H,4-7H2,1H3,(H,14,16). The molecular formula is C13H17NO3. The second-order valence-electron chi connectivity index (χ2n) is 4.36. The summed E-state index contributed by atoms with van der Waals surface area (Å²) in [5, 5.41) is 12.4. The van der Waals surface area contributed by atoms with Gasteiger partial charge in [-0.25, -0.2) is 0 Å². The second kappa shape index (κ2) is 5.19. The summed E-state index contributed by atoms with van der Waals surface area (Å²) in [5.74, 6) is -0.00183. The summed E-state index contributed by atoms with van der Waals surface area (Å²) in [6.45, 7) is 3.26. The van der Waals surface area contributed by atoms with Crippen LogP contribution in [0.1, 0.15) is 28.8 Å². The van der Waals surface area contributed by atoms with Crippen molar-refractivity contribution in [2.24, 2.45) is 0 Å². The van der Waals surface area contributed by atoms with Crippen molar-refractivity contribution in [2.45, 2.75) is 25.8 Å². The minimum atomic E-state index is -0.120. The van der Waals surface area contributed by atoms with Crippen LogP contribution in [0, 0.1) is 6.92 Å². The topological polar surface area (TPSA) is 58.6 Å². The summed E-state index contributed by atoms with van der Waals surface area (Å²) in [7, 11) is 0. The Kier molecular flexibility index (Phi) is 3.64. The minimum absolute atomic E-state index is 0.118. The van der Waals surface area contributed by atoms with E-state index in [2.05, 4.69) is 5.32 Å². The molecule has 17 heavy (non-hydrogen) atoms. The van der Waals surface area contributed by atoms with Gasteiger partial charge in [0.2, 0.25) is 0 Å². The Morgan fingerprint density at radius 2 is 2.12 bits per heavy atom. The summed E-state index contributed by atoms with van der Waals surface area (Å²) >= 11 is 0. The third-order valence-electron chi connectivity index (χ3n) is 3.02. The molecule has 92 valence electrons. The Labute approximate surface area is 101 Å². The third kappa shape index (κ3) is 2.97. The van der Waals surface area contributed by atoms with Crippen LogP contribution in [0.5, 0.6) is 5.75 Å². The number of carbonyl (C=O) groups excluding carboxylic acids is 1. The number of phenols is 1. The lowest BCUT2D eigenvalue weighted by molar-refractivity contribution is 0.0696. The predicted molar refractivity (Wildman–Crippen MR) is 64.2 cm³/mol. The van der Waals surface area contributed by atoms with Gasteiger partial charge in [0.15, 0.2) is 0 Å². The van der Waals surface area contributed by atoms with Crippen LogP contribution in [-0.4, -0.2) is 30.3 Å². The zero-order chi connectivity index (χ0) is 12.3. The molecular weight excluding hydrogens is 218 g/mol. The molecule has 0 saturated carbocycles. The molecule has 0 bridgehead atoms. The van der Waals surface area contributed by atoms with E-state index in [-0.39, 0.29) is 17.7 Å². The van der Waals surface area contributed by atoms with Crippen LogP contribution in [0.3, 0.4) is 0 Å². The third-order valence-corrected chi connectivity index (χ3v) is 3.02. The molecule has 1 aliphatic rings. The Morgan fingerprint density at radius 3 is 2.82 bits per heavy atom. The van der Waals surface area contributed by atoms with Gasteiger partial charge in [-0.15, -0.1) is 0 Å². The van der Waals surface area contributed by atoms with E-state index >= 15 is 0 Å². The monoisotopic (exact) mass is 235 g/mol. The van der Waals surface area contributed by atoms with E-state index in [4.69, 9.17) is 4.74 Å². The smallest absolute Gasteiger partial charge is 0.251 e. The van der Waals surface area contributed by atoms with Crippen molar-refractivity contribution in [2.75, 3.05) is 13.2 Å². The van der Waals surface area contributed by atoms with Gasteiger partial charge in [-0.2, -0.15) is 0 Å². The lowest BCUT2D eigenvalue weighted by Crippen LogP contribution is -2.39. The van der Waals surface area contributed by atoms with Gasteiger partial charge in [-0.1, -0.05) is 6.07 Å². The molecule has 0 spiro atoms. The lowest BCUT2D eigenvalue weighted by atomic mass is 10.1. The van der Waals surface area contributed by atoms with Crippen LogP contribution in [-0.2, 0) is 4.74 Å². The highest BCUT2D eigenvalue weighted by atomic mass is 16.5. The normalized spacial score (nSPS) is 16.8. The Morgan fingerprint density at radius 1 is 1.41 bits per heavy atom. The Balaban J connectivity index is 2.05. The molecule has 0 aliphatic carbocycles. The summed E-state index contributed by atoms with van der Waals surface area (Å²) in [6.07, 6.45) is 1.70. The number of ether oxygens (including phenoxy) is 1. The number of carbonyl (C=O) groups is 1. The van der Waals surface area contributed by atoms with Gasteiger partial charge in [0, 0.05) is 24.8 Å². The van der Waals surface area contributed by atoms with Gasteiger partial charge in [0.1, 0.15) is 5.75 Å². The number of hydrogen-bond donors (Lipinski definition) is 2. The number of aryl methyl sites for hydroxylation is 1. The van der Waals surface area contributed by atoms with Crippen molar-refractivity contribution in [3.63, 3.8) is 0 Å². The van der Waals surface area contributed by atoms with Crippen molar-refractivity contribution in [3.05, 3.63) is 29.3 Å². The molecule has 1 aromatic carbocycles. The minimum Gasteiger partial charge on any atom is -0.508 e. The van der Waals surface area contributed by atoms with Crippen LogP contribution in [0.2, 0.25) is 0 Å². The number of benzene rings is 1. The van der Waals surface area contributed by atoms with Gasteiger partial charge < -0.3 is 15.2 Å². The number of nitrogens with one attached hydrogen (secondary N) is 1. The van der Waals surface area contributed by atoms with Crippen molar-refractivity contribution < 1.29 is 14.6 Å². The van der Waals surface area contributed by atoms with Crippen molar-refractivity contribution in [1.82, 2.24) is 5.32 Å². The quantitative estimate of drug-likeness (QED) is 0.818. The fourth-order valence-electron chi connectivity index (χ4n) is 1.96. The maximum Gasteiger partial charge on any atom is 0.251 e. The molecule has 0 aromatic heterocycles.